The van der Waals surface area contributed by atoms with Crippen LogP contribution in [0.3, 0.4) is 0 Å². The first-order valence-corrected chi connectivity index (χ1v) is 10.6. The minimum absolute atomic E-state index is 0. The van der Waals surface area contributed by atoms with Crippen LogP contribution in [0, 0.1) is 0 Å². The summed E-state index contributed by atoms with van der Waals surface area (Å²) < 4.78 is 16.2. The molecule has 2 aliphatic heterocycles. The number of benzene rings is 1. The summed E-state index contributed by atoms with van der Waals surface area (Å²) in [6.07, 6.45) is 5.42. The Morgan fingerprint density at radius 3 is 2.32 bits per heavy atom. The number of methoxy groups -OCH3 is 3. The van der Waals surface area contributed by atoms with Crippen molar-refractivity contribution in [1.29, 1.82) is 0 Å². The van der Waals surface area contributed by atoms with Crippen molar-refractivity contribution in [3.63, 3.8) is 0 Å². The first-order chi connectivity index (χ1) is 14.1. The van der Waals surface area contributed by atoms with Gasteiger partial charge < -0.3 is 24.0 Å². The highest BCUT2D eigenvalue weighted by molar-refractivity contribution is 5.93. The predicted molar refractivity (Wildman–Crippen MR) is 129 cm³/mol. The molecule has 0 N–H and O–H groups in total. The molecule has 3 rings (SSSR count). The molecule has 178 valence electrons. The topological polar surface area (TPSA) is 54.5 Å². The summed E-state index contributed by atoms with van der Waals surface area (Å²) in [5.74, 6) is 1.72. The zero-order valence-electron chi connectivity index (χ0n) is 19.1. The van der Waals surface area contributed by atoms with Gasteiger partial charge >= 0.3 is 0 Å². The fraction of sp³-hybridized carbons (Fsp3) is 0.682. The van der Waals surface area contributed by atoms with E-state index >= 15 is 0 Å². The molecule has 1 aromatic carbocycles. The summed E-state index contributed by atoms with van der Waals surface area (Å²) in [4.78, 5) is 19.6. The lowest BCUT2D eigenvalue weighted by atomic mass is 9.99. The Morgan fingerprint density at radius 1 is 1.03 bits per heavy atom. The van der Waals surface area contributed by atoms with E-state index in [-0.39, 0.29) is 30.7 Å². The van der Waals surface area contributed by atoms with Gasteiger partial charge in [-0.2, -0.15) is 0 Å². The average molecular weight is 478 g/mol. The number of carbonyl (C=O) groups is 1. The predicted octanol–water partition coefficient (Wildman–Crippen LogP) is 3.47. The van der Waals surface area contributed by atoms with Crippen LogP contribution in [0.4, 0.5) is 5.69 Å². The zero-order valence-corrected chi connectivity index (χ0v) is 20.7. The number of amides is 1. The third kappa shape index (κ3) is 6.78. The quantitative estimate of drug-likeness (QED) is 0.571. The Balaban J connectivity index is 0.00000240. The van der Waals surface area contributed by atoms with Crippen LogP contribution in [0.15, 0.2) is 12.1 Å². The molecule has 0 aromatic heterocycles. The van der Waals surface area contributed by atoms with Crippen LogP contribution < -0.4 is 19.1 Å². The van der Waals surface area contributed by atoms with Crippen LogP contribution in [-0.2, 0) is 4.79 Å². The van der Waals surface area contributed by atoms with Gasteiger partial charge in [0.15, 0.2) is 11.5 Å². The van der Waals surface area contributed by atoms with E-state index in [1.165, 1.54) is 32.4 Å². The van der Waals surface area contributed by atoms with Gasteiger partial charge in [0.25, 0.3) is 0 Å². The fourth-order valence-corrected chi connectivity index (χ4v) is 4.45. The number of hydrogen-bond donors (Lipinski definition) is 0. The van der Waals surface area contributed by atoms with Gasteiger partial charge in [-0.15, -0.1) is 24.8 Å². The number of ether oxygens (including phenoxy) is 3. The largest absolute Gasteiger partial charge is 0.493 e. The van der Waals surface area contributed by atoms with E-state index in [1.54, 1.807) is 33.3 Å². The molecule has 1 aromatic rings. The minimum atomic E-state index is 0. The van der Waals surface area contributed by atoms with Gasteiger partial charge in [0.1, 0.15) is 0 Å². The molecule has 7 nitrogen and oxygen atoms in total. The number of piperazine rings is 1. The lowest BCUT2D eigenvalue weighted by Crippen LogP contribution is -2.54. The summed E-state index contributed by atoms with van der Waals surface area (Å²) in [7, 11) is 6.52. The number of fused-ring (bicyclic) bond motifs is 1. The van der Waals surface area contributed by atoms with Crippen molar-refractivity contribution < 1.29 is 19.0 Å². The Hall–Kier alpha value is -1.41. The number of piperidine rings is 1. The Labute approximate surface area is 198 Å². The van der Waals surface area contributed by atoms with Crippen molar-refractivity contribution in [2.24, 2.45) is 0 Å². The first kappa shape index (κ1) is 27.6. The number of rotatable bonds is 8. The molecule has 0 bridgehead atoms. The highest BCUT2D eigenvalue weighted by Gasteiger charge is 2.28. The van der Waals surface area contributed by atoms with Crippen LogP contribution in [0.5, 0.6) is 17.2 Å². The number of nitrogens with zero attached hydrogens (tertiary/aromatic N) is 3. The third-order valence-corrected chi connectivity index (χ3v) is 6.20. The van der Waals surface area contributed by atoms with Crippen molar-refractivity contribution in [3.8, 4) is 17.2 Å². The maximum absolute atomic E-state index is 12.8. The summed E-state index contributed by atoms with van der Waals surface area (Å²) in [6.45, 7) is 5.68. The second-order valence-electron chi connectivity index (χ2n) is 7.93. The van der Waals surface area contributed by atoms with Crippen molar-refractivity contribution >= 4 is 36.4 Å². The van der Waals surface area contributed by atoms with E-state index in [0.717, 1.165) is 37.8 Å². The Kier molecular flexibility index (Phi) is 11.8. The highest BCUT2D eigenvalue weighted by atomic mass is 35.5. The maximum Gasteiger partial charge on any atom is 0.226 e. The summed E-state index contributed by atoms with van der Waals surface area (Å²) in [5, 5.41) is 0. The van der Waals surface area contributed by atoms with E-state index < -0.39 is 0 Å². The van der Waals surface area contributed by atoms with Crippen LogP contribution in [0.25, 0.3) is 0 Å². The van der Waals surface area contributed by atoms with Gasteiger partial charge in [-0.1, -0.05) is 6.42 Å². The molecule has 2 aliphatic rings. The zero-order chi connectivity index (χ0) is 20.8. The lowest BCUT2D eigenvalue weighted by molar-refractivity contribution is -0.118. The molecule has 31 heavy (non-hydrogen) atoms. The Morgan fingerprint density at radius 2 is 1.71 bits per heavy atom. The van der Waals surface area contributed by atoms with Gasteiger partial charge in [0, 0.05) is 51.3 Å². The molecule has 0 aliphatic carbocycles. The number of hydrogen-bond acceptors (Lipinski definition) is 6. The van der Waals surface area contributed by atoms with Crippen molar-refractivity contribution in [2.45, 2.75) is 38.1 Å². The van der Waals surface area contributed by atoms with Crippen LogP contribution in [-0.4, -0.2) is 82.8 Å². The van der Waals surface area contributed by atoms with Crippen molar-refractivity contribution in [2.75, 3.05) is 66.0 Å². The standard InChI is InChI=1S/C22H35N3O4.2ClH/c1-23(18-14-19(27-2)22(29-4)20(15-18)28-3)21(26)9-7-10-24-12-13-25-11-6-5-8-17(25)16-24;;/h14-15,17H,5-13,16H2,1-4H3;2*1H. The van der Waals surface area contributed by atoms with Crippen LogP contribution in [0.1, 0.15) is 32.1 Å². The number of anilines is 1. The smallest absolute Gasteiger partial charge is 0.226 e. The molecule has 2 fully saturated rings. The van der Waals surface area contributed by atoms with E-state index in [2.05, 4.69) is 9.80 Å². The average Bonchev–Trinajstić information content (AvgIpc) is 2.77. The van der Waals surface area contributed by atoms with Gasteiger partial charge in [0.05, 0.1) is 27.0 Å². The monoisotopic (exact) mass is 477 g/mol. The molecular weight excluding hydrogens is 441 g/mol. The Bertz CT molecular complexity index is 682. The molecular formula is C22H37Cl2N3O4. The van der Waals surface area contributed by atoms with Crippen LogP contribution >= 0.6 is 24.8 Å². The van der Waals surface area contributed by atoms with Gasteiger partial charge in [-0.3, -0.25) is 9.69 Å². The van der Waals surface area contributed by atoms with E-state index in [0.29, 0.717) is 23.7 Å². The fourth-order valence-electron chi connectivity index (χ4n) is 4.45. The summed E-state index contributed by atoms with van der Waals surface area (Å²) in [6, 6.07) is 4.33. The summed E-state index contributed by atoms with van der Waals surface area (Å²) in [5.41, 5.74) is 0.736. The molecule has 0 saturated carbocycles. The molecule has 9 heteroatoms. The van der Waals surface area contributed by atoms with Gasteiger partial charge in [-0.05, 0) is 32.4 Å². The van der Waals surface area contributed by atoms with Crippen molar-refractivity contribution in [1.82, 2.24) is 9.80 Å². The van der Waals surface area contributed by atoms with Crippen LogP contribution in [0.2, 0.25) is 0 Å². The minimum Gasteiger partial charge on any atom is -0.493 e. The lowest BCUT2D eigenvalue weighted by Gasteiger charge is -2.44. The first-order valence-electron chi connectivity index (χ1n) is 10.6. The molecule has 2 heterocycles. The summed E-state index contributed by atoms with van der Waals surface area (Å²) >= 11 is 0. The number of carbonyl (C=O) groups excluding carboxylic acids is 1. The molecule has 2 saturated heterocycles. The van der Waals surface area contributed by atoms with E-state index in [9.17, 15) is 4.79 Å². The second-order valence-corrected chi connectivity index (χ2v) is 7.93. The van der Waals surface area contributed by atoms with Gasteiger partial charge in [-0.25, -0.2) is 0 Å². The molecule has 1 unspecified atom stereocenters. The van der Waals surface area contributed by atoms with Gasteiger partial charge in [0.2, 0.25) is 11.7 Å². The maximum atomic E-state index is 12.8. The van der Waals surface area contributed by atoms with E-state index in [1.807, 2.05) is 12.1 Å². The SMILES string of the molecule is COc1cc(N(C)C(=O)CCCN2CCN3CCCCC3C2)cc(OC)c1OC.Cl.Cl. The number of halogens is 2. The normalized spacial score (nSPS) is 18.8. The highest BCUT2D eigenvalue weighted by Crippen LogP contribution is 2.40. The second kappa shape index (κ2) is 13.2. The molecule has 1 atom stereocenters. The molecule has 0 spiro atoms. The van der Waals surface area contributed by atoms with Crippen molar-refractivity contribution in [3.05, 3.63) is 12.1 Å². The molecule has 0 radical (unpaired) electrons. The third-order valence-electron chi connectivity index (χ3n) is 6.20. The van der Waals surface area contributed by atoms with E-state index in [4.69, 9.17) is 14.2 Å². The molecule has 1 amide bonds.